The zero-order valence-electron chi connectivity index (χ0n) is 20.1. The van der Waals surface area contributed by atoms with Gasteiger partial charge in [0.1, 0.15) is 11.8 Å². The molecule has 180 valence electrons. The number of carbonyl (C=O) groups excluding carboxylic acids is 8. The van der Waals surface area contributed by atoms with Crippen LogP contribution in [0.1, 0.15) is 73.6 Å². The largest absolute Gasteiger partial charge is 0.298 e. The number of rotatable bonds is 8. The lowest BCUT2D eigenvalue weighted by Gasteiger charge is -2.39. The molecule has 4 unspecified atom stereocenters. The molecule has 2 fully saturated rings. The Morgan fingerprint density at radius 1 is 0.606 bits per heavy atom. The van der Waals surface area contributed by atoms with Gasteiger partial charge in [0.25, 0.3) is 0 Å². The van der Waals surface area contributed by atoms with Crippen molar-refractivity contribution in [3.05, 3.63) is 0 Å². The van der Waals surface area contributed by atoms with E-state index in [1.54, 1.807) is 13.8 Å². The number of hydrogen-bond donors (Lipinski definition) is 0. The van der Waals surface area contributed by atoms with Crippen LogP contribution in [0.3, 0.4) is 0 Å². The van der Waals surface area contributed by atoms with Gasteiger partial charge < -0.3 is 0 Å². The first-order valence-electron chi connectivity index (χ1n) is 11.5. The third kappa shape index (κ3) is 4.32. The molecule has 0 heterocycles. The summed E-state index contributed by atoms with van der Waals surface area (Å²) in [7, 11) is 0. The van der Waals surface area contributed by atoms with E-state index in [2.05, 4.69) is 0 Å². The molecule has 33 heavy (non-hydrogen) atoms. The molecule has 0 spiro atoms. The Morgan fingerprint density at radius 3 is 1.18 bits per heavy atom. The van der Waals surface area contributed by atoms with Gasteiger partial charge in [0.2, 0.25) is 0 Å². The Hall–Kier alpha value is -2.64. The Balaban J connectivity index is 2.51. The number of ketones is 8. The van der Waals surface area contributed by atoms with Gasteiger partial charge in [-0.1, -0.05) is 13.8 Å². The van der Waals surface area contributed by atoms with Crippen LogP contribution in [0.5, 0.6) is 0 Å². The van der Waals surface area contributed by atoms with Gasteiger partial charge in [0, 0.05) is 12.8 Å². The lowest BCUT2D eigenvalue weighted by Crippen LogP contribution is -2.59. The summed E-state index contributed by atoms with van der Waals surface area (Å²) in [6.45, 7) is 8.75. The predicted octanol–water partition coefficient (Wildman–Crippen LogP) is 2.07. The average molecular weight is 461 g/mol. The molecule has 0 radical (unpaired) electrons. The molecule has 2 aliphatic carbocycles. The summed E-state index contributed by atoms with van der Waals surface area (Å²) < 4.78 is 0. The topological polar surface area (TPSA) is 137 Å². The first-order valence-corrected chi connectivity index (χ1v) is 11.5. The molecular weight excluding hydrogens is 428 g/mol. The number of carbonyl (C=O) groups is 8. The first-order chi connectivity index (χ1) is 15.2. The van der Waals surface area contributed by atoms with Gasteiger partial charge in [-0.25, -0.2) is 0 Å². The molecule has 0 amide bonds. The monoisotopic (exact) mass is 460 g/mol. The second-order valence-corrected chi connectivity index (χ2v) is 10.2. The molecular formula is C25H32O8. The van der Waals surface area contributed by atoms with Gasteiger partial charge in [-0.05, 0) is 47.0 Å². The Bertz CT molecular complexity index is 875. The van der Waals surface area contributed by atoms with E-state index in [0.717, 1.165) is 0 Å². The van der Waals surface area contributed by atoms with Crippen LogP contribution in [-0.4, -0.2) is 46.3 Å². The highest BCUT2D eigenvalue weighted by atomic mass is 16.2. The maximum atomic E-state index is 13.2. The molecule has 0 N–H and O–H groups in total. The molecule has 0 aromatic heterocycles. The molecule has 8 nitrogen and oxygen atoms in total. The van der Waals surface area contributed by atoms with Crippen molar-refractivity contribution in [2.75, 3.05) is 0 Å². The molecule has 2 rings (SSSR count). The van der Waals surface area contributed by atoms with Gasteiger partial charge in [-0.3, -0.25) is 38.4 Å². The molecule has 2 aliphatic rings. The summed E-state index contributed by atoms with van der Waals surface area (Å²) in [4.78, 5) is 103. The van der Waals surface area contributed by atoms with E-state index in [1.165, 1.54) is 27.7 Å². The van der Waals surface area contributed by atoms with Gasteiger partial charge in [-0.2, -0.15) is 0 Å². The van der Waals surface area contributed by atoms with Gasteiger partial charge >= 0.3 is 0 Å². The van der Waals surface area contributed by atoms with Crippen LogP contribution in [0, 0.1) is 34.5 Å². The molecule has 2 saturated carbocycles. The van der Waals surface area contributed by atoms with Crippen LogP contribution < -0.4 is 0 Å². The van der Waals surface area contributed by atoms with Crippen molar-refractivity contribution in [1.29, 1.82) is 0 Å². The molecule has 0 bridgehead atoms. The maximum absolute atomic E-state index is 13.2. The normalized spacial score (nSPS) is 29.4. The summed E-state index contributed by atoms with van der Waals surface area (Å²) in [6.07, 6.45) is 0.234. The first kappa shape index (κ1) is 26.6. The lowest BCUT2D eigenvalue weighted by molar-refractivity contribution is -0.158. The highest BCUT2D eigenvalue weighted by Crippen LogP contribution is 2.42. The second kappa shape index (κ2) is 9.31. The van der Waals surface area contributed by atoms with Crippen molar-refractivity contribution in [2.24, 2.45) is 34.5 Å². The summed E-state index contributed by atoms with van der Waals surface area (Å²) in [5.41, 5.74) is -3.29. The SMILES string of the molecule is CCCC(=O)C1C(=O)C(CC2C(=O)C(C(=O)CCC)C(=O)C(C)(C)C2=O)C(=O)C(C)(C)C1=O. The minimum atomic E-state index is -1.64. The van der Waals surface area contributed by atoms with E-state index < -0.39 is 87.2 Å². The Kier molecular flexibility index (Phi) is 7.51. The fourth-order valence-electron chi connectivity index (χ4n) is 4.83. The van der Waals surface area contributed by atoms with Gasteiger partial charge in [0.05, 0.1) is 22.7 Å². The minimum Gasteiger partial charge on any atom is -0.298 e. The van der Waals surface area contributed by atoms with E-state index in [9.17, 15) is 38.4 Å². The second-order valence-electron chi connectivity index (χ2n) is 10.2. The van der Waals surface area contributed by atoms with Crippen LogP contribution in [-0.2, 0) is 38.4 Å². The smallest absolute Gasteiger partial charge is 0.163 e. The molecule has 4 atom stereocenters. The zero-order valence-corrected chi connectivity index (χ0v) is 20.1. The van der Waals surface area contributed by atoms with Crippen molar-refractivity contribution in [3.8, 4) is 0 Å². The van der Waals surface area contributed by atoms with Crippen LogP contribution >= 0.6 is 0 Å². The molecule has 0 saturated heterocycles. The maximum Gasteiger partial charge on any atom is 0.163 e. The number of Topliss-reactive ketones (excluding diaryl/α,β-unsaturated/α-hetero) is 8. The zero-order chi connectivity index (χ0) is 25.5. The summed E-state index contributed by atoms with van der Waals surface area (Å²) >= 11 is 0. The van der Waals surface area contributed by atoms with Crippen molar-refractivity contribution >= 4 is 46.3 Å². The summed E-state index contributed by atoms with van der Waals surface area (Å²) in [5.74, 6) is -12.4. The van der Waals surface area contributed by atoms with Crippen LogP contribution in [0.25, 0.3) is 0 Å². The van der Waals surface area contributed by atoms with E-state index in [-0.39, 0.29) is 12.8 Å². The quantitative estimate of drug-likeness (QED) is 0.502. The highest BCUT2D eigenvalue weighted by molar-refractivity contribution is 6.36. The van der Waals surface area contributed by atoms with E-state index in [0.29, 0.717) is 12.8 Å². The molecule has 8 heteroatoms. The molecule has 0 aliphatic heterocycles. The predicted molar refractivity (Wildman–Crippen MR) is 116 cm³/mol. The number of hydrogen-bond acceptors (Lipinski definition) is 8. The van der Waals surface area contributed by atoms with Crippen LogP contribution in [0.4, 0.5) is 0 Å². The van der Waals surface area contributed by atoms with Crippen molar-refractivity contribution < 1.29 is 38.4 Å². The fraction of sp³-hybridized carbons (Fsp3) is 0.680. The van der Waals surface area contributed by atoms with Crippen molar-refractivity contribution in [2.45, 2.75) is 73.6 Å². The van der Waals surface area contributed by atoms with Crippen LogP contribution in [0.15, 0.2) is 0 Å². The Labute approximate surface area is 193 Å². The summed E-state index contributed by atoms with van der Waals surface area (Å²) in [5, 5.41) is 0. The highest BCUT2D eigenvalue weighted by Gasteiger charge is 2.60. The van der Waals surface area contributed by atoms with Crippen molar-refractivity contribution in [1.82, 2.24) is 0 Å². The Morgan fingerprint density at radius 2 is 0.909 bits per heavy atom. The van der Waals surface area contributed by atoms with Gasteiger partial charge in [0.15, 0.2) is 46.3 Å². The van der Waals surface area contributed by atoms with E-state index in [4.69, 9.17) is 0 Å². The van der Waals surface area contributed by atoms with E-state index >= 15 is 0 Å². The fourth-order valence-corrected chi connectivity index (χ4v) is 4.83. The van der Waals surface area contributed by atoms with Crippen molar-refractivity contribution in [3.63, 3.8) is 0 Å². The molecule has 0 aromatic carbocycles. The summed E-state index contributed by atoms with van der Waals surface area (Å²) in [6, 6.07) is 0. The average Bonchev–Trinajstić information content (AvgIpc) is 2.72. The minimum absolute atomic E-state index is 0.0183. The van der Waals surface area contributed by atoms with Crippen LogP contribution in [0.2, 0.25) is 0 Å². The molecule has 0 aromatic rings. The third-order valence-corrected chi connectivity index (χ3v) is 6.99. The lowest BCUT2D eigenvalue weighted by atomic mass is 9.58. The van der Waals surface area contributed by atoms with Gasteiger partial charge in [-0.15, -0.1) is 0 Å². The third-order valence-electron chi connectivity index (χ3n) is 6.99. The van der Waals surface area contributed by atoms with E-state index in [1.807, 2.05) is 0 Å². The standard InChI is InChI=1S/C25H32O8/c1-7-9-14(26)16-18(28)12(20(30)24(3,4)22(16)32)11-13-19(29)17(15(27)10-8-2)23(33)25(5,6)21(13)31/h12-13,16-17H,7-11H2,1-6H3.